The second kappa shape index (κ2) is 9.44. The molecule has 2 rings (SSSR count). The van der Waals surface area contributed by atoms with Crippen LogP contribution in [0.1, 0.15) is 24.8 Å². The van der Waals surface area contributed by atoms with Crippen molar-refractivity contribution in [3.63, 3.8) is 0 Å². The predicted molar refractivity (Wildman–Crippen MR) is 92.9 cm³/mol. The van der Waals surface area contributed by atoms with Gasteiger partial charge >= 0.3 is 0 Å². The number of benzene rings is 1. The molecule has 0 saturated carbocycles. The van der Waals surface area contributed by atoms with E-state index in [1.54, 1.807) is 0 Å². The highest BCUT2D eigenvalue weighted by Crippen LogP contribution is 2.18. The summed E-state index contributed by atoms with van der Waals surface area (Å²) in [6, 6.07) is 8.21. The summed E-state index contributed by atoms with van der Waals surface area (Å²) < 4.78 is 1.08. The molecular weight excluding hydrogens is 352 g/mol. The average molecular weight is 376 g/mol. The average Bonchev–Trinajstić information content (AvgIpc) is 2.45. The summed E-state index contributed by atoms with van der Waals surface area (Å²) in [6.45, 7) is 2.85. The molecule has 1 aliphatic rings. The third kappa shape index (κ3) is 5.97. The van der Waals surface area contributed by atoms with Crippen molar-refractivity contribution in [3.8, 4) is 0 Å². The van der Waals surface area contributed by atoms with Crippen molar-refractivity contribution in [1.82, 2.24) is 10.2 Å². The molecule has 3 nitrogen and oxygen atoms in total. The Morgan fingerprint density at radius 1 is 1.48 bits per heavy atom. The van der Waals surface area contributed by atoms with E-state index in [-0.39, 0.29) is 12.4 Å². The molecule has 1 fully saturated rings. The summed E-state index contributed by atoms with van der Waals surface area (Å²) in [4.78, 5) is 14.3. The first-order valence-electron chi connectivity index (χ1n) is 7.36. The van der Waals surface area contributed by atoms with Gasteiger partial charge in [0.05, 0.1) is 0 Å². The van der Waals surface area contributed by atoms with Gasteiger partial charge in [-0.15, -0.1) is 12.4 Å². The highest BCUT2D eigenvalue weighted by atomic mass is 79.9. The van der Waals surface area contributed by atoms with E-state index in [1.165, 1.54) is 12.0 Å². The lowest BCUT2D eigenvalue weighted by Gasteiger charge is -2.32. The number of halogens is 2. The van der Waals surface area contributed by atoms with Crippen LogP contribution in [-0.4, -0.2) is 37.5 Å². The van der Waals surface area contributed by atoms with Gasteiger partial charge in [-0.1, -0.05) is 28.1 Å². The van der Waals surface area contributed by atoms with Crippen LogP contribution in [0.5, 0.6) is 0 Å². The lowest BCUT2D eigenvalue weighted by Crippen LogP contribution is -2.42. The van der Waals surface area contributed by atoms with E-state index in [9.17, 15) is 4.79 Å². The van der Waals surface area contributed by atoms with Crippen molar-refractivity contribution in [2.75, 3.05) is 26.7 Å². The molecule has 1 aromatic rings. The Morgan fingerprint density at radius 2 is 2.29 bits per heavy atom. The van der Waals surface area contributed by atoms with Gasteiger partial charge in [0.25, 0.3) is 0 Å². The minimum Gasteiger partial charge on any atom is -0.342 e. The maximum Gasteiger partial charge on any atom is 0.222 e. The quantitative estimate of drug-likeness (QED) is 0.856. The summed E-state index contributed by atoms with van der Waals surface area (Å²) in [5.41, 5.74) is 1.22. The van der Waals surface area contributed by atoms with Crippen molar-refractivity contribution in [3.05, 3.63) is 34.3 Å². The summed E-state index contributed by atoms with van der Waals surface area (Å²) in [7, 11) is 1.98. The van der Waals surface area contributed by atoms with Crippen LogP contribution < -0.4 is 5.32 Å². The van der Waals surface area contributed by atoms with Crippen LogP contribution in [-0.2, 0) is 11.2 Å². The van der Waals surface area contributed by atoms with Crippen molar-refractivity contribution in [1.29, 1.82) is 0 Å². The summed E-state index contributed by atoms with van der Waals surface area (Å²) in [5.74, 6) is 0.911. The van der Waals surface area contributed by atoms with E-state index in [4.69, 9.17) is 0 Å². The first kappa shape index (κ1) is 18.5. The zero-order valence-corrected chi connectivity index (χ0v) is 14.9. The third-order valence-corrected chi connectivity index (χ3v) is 4.37. The number of hydrogen-bond acceptors (Lipinski definition) is 2. The van der Waals surface area contributed by atoms with E-state index in [2.05, 4.69) is 33.4 Å². The standard InChI is InChI=1S/C16H23BrN2O.ClH/c1-18-11-14-5-3-9-19(12-14)16(20)8-7-13-4-2-6-15(17)10-13;/h2,4,6,10,14,18H,3,5,7-9,11-12H2,1H3;1H. The van der Waals surface area contributed by atoms with Gasteiger partial charge in [0.1, 0.15) is 0 Å². The summed E-state index contributed by atoms with van der Waals surface area (Å²) in [5, 5.41) is 3.22. The monoisotopic (exact) mass is 374 g/mol. The number of rotatable bonds is 5. The van der Waals surface area contributed by atoms with Gasteiger partial charge in [-0.05, 0) is 56.5 Å². The fraction of sp³-hybridized carbons (Fsp3) is 0.562. The molecule has 1 heterocycles. The second-order valence-corrected chi connectivity index (χ2v) is 6.45. The Bertz CT molecular complexity index is 454. The Labute approximate surface area is 142 Å². The second-order valence-electron chi connectivity index (χ2n) is 5.54. The van der Waals surface area contributed by atoms with Gasteiger partial charge < -0.3 is 10.2 Å². The minimum atomic E-state index is 0. The van der Waals surface area contributed by atoms with Crippen LogP contribution in [0, 0.1) is 5.92 Å². The van der Waals surface area contributed by atoms with Crippen molar-refractivity contribution in [2.45, 2.75) is 25.7 Å². The van der Waals surface area contributed by atoms with Gasteiger partial charge in [0.15, 0.2) is 0 Å². The Balaban J connectivity index is 0.00000220. The van der Waals surface area contributed by atoms with Crippen molar-refractivity contribution in [2.24, 2.45) is 5.92 Å². The van der Waals surface area contributed by atoms with Crippen LogP contribution in [0.3, 0.4) is 0 Å². The lowest BCUT2D eigenvalue weighted by molar-refractivity contribution is -0.132. The SMILES string of the molecule is CNCC1CCCN(C(=O)CCc2cccc(Br)c2)C1.Cl. The predicted octanol–water partition coefficient (Wildman–Crippen LogP) is 3.26. The summed E-state index contributed by atoms with van der Waals surface area (Å²) in [6.07, 6.45) is 3.80. The first-order chi connectivity index (χ1) is 9.69. The molecule has 21 heavy (non-hydrogen) atoms. The molecule has 1 N–H and O–H groups in total. The molecule has 1 amide bonds. The number of carbonyl (C=O) groups is 1. The highest BCUT2D eigenvalue weighted by Gasteiger charge is 2.22. The molecule has 118 valence electrons. The van der Waals surface area contributed by atoms with Gasteiger partial charge in [-0.25, -0.2) is 0 Å². The van der Waals surface area contributed by atoms with E-state index in [0.29, 0.717) is 18.2 Å². The number of carbonyl (C=O) groups excluding carboxylic acids is 1. The molecule has 1 saturated heterocycles. The molecule has 5 heteroatoms. The Hall–Kier alpha value is -0.580. The van der Waals surface area contributed by atoms with Gasteiger partial charge in [0.2, 0.25) is 5.91 Å². The lowest BCUT2D eigenvalue weighted by atomic mass is 9.97. The molecule has 0 aromatic heterocycles. The first-order valence-corrected chi connectivity index (χ1v) is 8.15. The third-order valence-electron chi connectivity index (χ3n) is 3.88. The number of hydrogen-bond donors (Lipinski definition) is 1. The number of likely N-dealkylation sites (tertiary alicyclic amines) is 1. The van der Waals surface area contributed by atoms with Gasteiger partial charge in [0, 0.05) is 24.0 Å². The van der Waals surface area contributed by atoms with Crippen LogP contribution >= 0.6 is 28.3 Å². The Morgan fingerprint density at radius 3 is 3.00 bits per heavy atom. The number of aryl methyl sites for hydroxylation is 1. The fourth-order valence-electron chi connectivity index (χ4n) is 2.85. The topological polar surface area (TPSA) is 32.3 Å². The van der Waals surface area contributed by atoms with E-state index in [0.717, 1.165) is 36.9 Å². The van der Waals surface area contributed by atoms with Crippen molar-refractivity contribution < 1.29 is 4.79 Å². The smallest absolute Gasteiger partial charge is 0.222 e. The number of piperidine rings is 1. The maximum atomic E-state index is 12.3. The molecular formula is C16H24BrClN2O. The highest BCUT2D eigenvalue weighted by molar-refractivity contribution is 9.10. The largest absolute Gasteiger partial charge is 0.342 e. The maximum absolute atomic E-state index is 12.3. The minimum absolute atomic E-state index is 0. The normalized spacial score (nSPS) is 18.2. The Kier molecular flexibility index (Phi) is 8.30. The van der Waals surface area contributed by atoms with Gasteiger partial charge in [-0.2, -0.15) is 0 Å². The zero-order valence-electron chi connectivity index (χ0n) is 12.5. The van der Waals surface area contributed by atoms with Crippen LogP contribution in [0.4, 0.5) is 0 Å². The number of nitrogens with one attached hydrogen (secondary N) is 1. The van der Waals surface area contributed by atoms with E-state index >= 15 is 0 Å². The molecule has 0 radical (unpaired) electrons. The van der Waals surface area contributed by atoms with E-state index in [1.807, 2.05) is 24.1 Å². The molecule has 0 bridgehead atoms. The molecule has 1 atom stereocenters. The van der Waals surface area contributed by atoms with Crippen LogP contribution in [0.25, 0.3) is 0 Å². The molecule has 0 aliphatic carbocycles. The van der Waals surface area contributed by atoms with Crippen LogP contribution in [0.2, 0.25) is 0 Å². The van der Waals surface area contributed by atoms with E-state index < -0.39 is 0 Å². The molecule has 1 aromatic carbocycles. The molecule has 1 unspecified atom stereocenters. The van der Waals surface area contributed by atoms with Crippen molar-refractivity contribution >= 4 is 34.2 Å². The molecule has 0 spiro atoms. The number of amides is 1. The van der Waals surface area contributed by atoms with Gasteiger partial charge in [-0.3, -0.25) is 4.79 Å². The zero-order chi connectivity index (χ0) is 14.4. The number of nitrogens with zero attached hydrogens (tertiary/aromatic N) is 1. The summed E-state index contributed by atoms with van der Waals surface area (Å²) >= 11 is 3.47. The fourth-order valence-corrected chi connectivity index (χ4v) is 3.30. The van der Waals surface area contributed by atoms with Crippen LogP contribution in [0.15, 0.2) is 28.7 Å². The molecule has 1 aliphatic heterocycles.